The van der Waals surface area contributed by atoms with E-state index < -0.39 is 0 Å². The Balaban J connectivity index is 2.06. The zero-order valence-corrected chi connectivity index (χ0v) is 12.9. The van der Waals surface area contributed by atoms with E-state index in [2.05, 4.69) is 26.2 Å². The number of pyridine rings is 1. The number of urea groups is 1. The van der Waals surface area contributed by atoms with Gasteiger partial charge in [0.25, 0.3) is 0 Å². The van der Waals surface area contributed by atoms with Gasteiger partial charge in [-0.15, -0.1) is 0 Å². The van der Waals surface area contributed by atoms with E-state index in [0.717, 1.165) is 10.2 Å². The summed E-state index contributed by atoms with van der Waals surface area (Å²) in [5.74, 6) is 0. The number of ether oxygens (including phenoxy) is 1. The van der Waals surface area contributed by atoms with Crippen molar-refractivity contribution < 1.29 is 9.53 Å². The molecular weight excluding hydrogens is 310 g/mol. The van der Waals surface area contributed by atoms with Gasteiger partial charge in [0.1, 0.15) is 0 Å². The Morgan fingerprint density at radius 1 is 1.63 bits per heavy atom. The van der Waals surface area contributed by atoms with Crippen molar-refractivity contribution in [1.29, 1.82) is 0 Å². The minimum Gasteiger partial charge on any atom is -0.369 e. The summed E-state index contributed by atoms with van der Waals surface area (Å²) in [7, 11) is 0. The van der Waals surface area contributed by atoms with Crippen LogP contribution in [-0.2, 0) is 4.74 Å². The number of nitrogens with one attached hydrogen (secondary N) is 1. The second-order valence-electron chi connectivity index (χ2n) is 5.35. The SMILES string of the molecule is CC1CN(C(=O)Nc2ccncc2Br)CC(C)(C)O1. The fraction of sp³-hybridized carbons (Fsp3) is 0.538. The molecule has 1 aliphatic rings. The zero-order chi connectivity index (χ0) is 14.0. The minimum atomic E-state index is -0.315. The Morgan fingerprint density at radius 3 is 3.00 bits per heavy atom. The number of amides is 2. The van der Waals surface area contributed by atoms with Gasteiger partial charge in [0.2, 0.25) is 0 Å². The van der Waals surface area contributed by atoms with Crippen LogP contribution in [0.5, 0.6) is 0 Å². The second kappa shape index (κ2) is 5.46. The molecule has 0 bridgehead atoms. The predicted octanol–water partition coefficient (Wildman–Crippen LogP) is 2.88. The molecule has 5 nitrogen and oxygen atoms in total. The fourth-order valence-electron chi connectivity index (χ4n) is 2.28. The molecule has 0 aliphatic carbocycles. The Hall–Kier alpha value is -1.14. The van der Waals surface area contributed by atoms with Gasteiger partial charge in [0, 0.05) is 18.9 Å². The molecule has 1 N–H and O–H groups in total. The van der Waals surface area contributed by atoms with Crippen molar-refractivity contribution >= 4 is 27.6 Å². The van der Waals surface area contributed by atoms with Crippen molar-refractivity contribution in [2.24, 2.45) is 0 Å². The summed E-state index contributed by atoms with van der Waals surface area (Å²) in [5, 5.41) is 2.88. The summed E-state index contributed by atoms with van der Waals surface area (Å²) in [6, 6.07) is 1.65. The van der Waals surface area contributed by atoms with E-state index in [1.807, 2.05) is 20.8 Å². The molecule has 2 rings (SSSR count). The first kappa shape index (κ1) is 14.3. The van der Waals surface area contributed by atoms with Crippen LogP contribution in [0.2, 0.25) is 0 Å². The van der Waals surface area contributed by atoms with Gasteiger partial charge in [-0.05, 0) is 42.8 Å². The Kier molecular flexibility index (Phi) is 4.10. The van der Waals surface area contributed by atoms with Crippen LogP contribution in [0.15, 0.2) is 22.9 Å². The first-order valence-corrected chi connectivity index (χ1v) is 7.00. The van der Waals surface area contributed by atoms with Crippen LogP contribution in [0, 0.1) is 0 Å². The van der Waals surface area contributed by atoms with E-state index in [0.29, 0.717) is 13.1 Å². The average molecular weight is 328 g/mol. The summed E-state index contributed by atoms with van der Waals surface area (Å²) >= 11 is 3.36. The molecule has 0 aromatic carbocycles. The molecule has 0 radical (unpaired) electrons. The topological polar surface area (TPSA) is 54.5 Å². The summed E-state index contributed by atoms with van der Waals surface area (Å²) in [5.41, 5.74) is 0.404. The second-order valence-corrected chi connectivity index (χ2v) is 6.21. The number of anilines is 1. The molecular formula is C13H18BrN3O2. The highest BCUT2D eigenvalue weighted by Gasteiger charge is 2.33. The van der Waals surface area contributed by atoms with E-state index in [-0.39, 0.29) is 17.7 Å². The molecule has 1 saturated heterocycles. The molecule has 0 saturated carbocycles. The highest BCUT2D eigenvalue weighted by atomic mass is 79.9. The number of rotatable bonds is 1. The molecule has 1 aromatic heterocycles. The molecule has 104 valence electrons. The van der Waals surface area contributed by atoms with Crippen LogP contribution in [-0.4, -0.2) is 40.7 Å². The molecule has 1 unspecified atom stereocenters. The van der Waals surface area contributed by atoms with Gasteiger partial charge in [-0.1, -0.05) is 0 Å². The maximum Gasteiger partial charge on any atom is 0.322 e. The molecule has 2 amide bonds. The number of carbonyl (C=O) groups is 1. The van der Waals surface area contributed by atoms with E-state index >= 15 is 0 Å². The van der Waals surface area contributed by atoms with E-state index in [4.69, 9.17) is 4.74 Å². The zero-order valence-electron chi connectivity index (χ0n) is 11.3. The highest BCUT2D eigenvalue weighted by Crippen LogP contribution is 2.23. The number of hydrogen-bond acceptors (Lipinski definition) is 3. The number of morpholine rings is 1. The number of aromatic nitrogens is 1. The molecule has 1 fully saturated rings. The number of halogens is 1. The number of nitrogens with zero attached hydrogens (tertiary/aromatic N) is 2. The predicted molar refractivity (Wildman–Crippen MR) is 77.2 cm³/mol. The quantitative estimate of drug-likeness (QED) is 0.862. The lowest BCUT2D eigenvalue weighted by molar-refractivity contribution is -0.116. The van der Waals surface area contributed by atoms with Crippen LogP contribution in [0.25, 0.3) is 0 Å². The van der Waals surface area contributed by atoms with Crippen molar-refractivity contribution in [3.05, 3.63) is 22.9 Å². The average Bonchev–Trinajstić information content (AvgIpc) is 2.29. The van der Waals surface area contributed by atoms with Gasteiger partial charge in [-0.3, -0.25) is 4.98 Å². The molecule has 1 atom stereocenters. The third-order valence-corrected chi connectivity index (χ3v) is 3.50. The van der Waals surface area contributed by atoms with E-state index in [1.165, 1.54) is 0 Å². The smallest absolute Gasteiger partial charge is 0.322 e. The summed E-state index contributed by atoms with van der Waals surface area (Å²) in [6.07, 6.45) is 3.34. The third kappa shape index (κ3) is 3.67. The molecule has 6 heteroatoms. The maximum atomic E-state index is 12.3. The van der Waals surface area contributed by atoms with Crippen molar-refractivity contribution in [2.45, 2.75) is 32.5 Å². The normalized spacial score (nSPS) is 22.1. The molecule has 19 heavy (non-hydrogen) atoms. The third-order valence-electron chi connectivity index (χ3n) is 2.87. The summed E-state index contributed by atoms with van der Waals surface area (Å²) < 4.78 is 6.55. The standard InChI is InChI=1S/C13H18BrN3O2/c1-9-7-17(8-13(2,3)19-9)12(18)16-11-4-5-15-6-10(11)14/h4-6,9H,7-8H2,1-3H3,(H,15,16,18). The summed E-state index contributed by atoms with van der Waals surface area (Å²) in [6.45, 7) is 7.13. The monoisotopic (exact) mass is 327 g/mol. The van der Waals surface area contributed by atoms with Crippen LogP contribution < -0.4 is 5.32 Å². The van der Waals surface area contributed by atoms with Gasteiger partial charge in [0.15, 0.2) is 0 Å². The van der Waals surface area contributed by atoms with Crippen LogP contribution in [0.4, 0.5) is 10.5 Å². The van der Waals surface area contributed by atoms with Crippen molar-refractivity contribution in [3.63, 3.8) is 0 Å². The van der Waals surface area contributed by atoms with Gasteiger partial charge in [-0.25, -0.2) is 4.79 Å². The van der Waals surface area contributed by atoms with E-state index in [1.54, 1.807) is 23.4 Å². The largest absolute Gasteiger partial charge is 0.369 e. The van der Waals surface area contributed by atoms with Gasteiger partial charge in [0.05, 0.1) is 28.4 Å². The molecule has 1 aliphatic heterocycles. The Labute approximate surface area is 121 Å². The molecule has 0 spiro atoms. The lowest BCUT2D eigenvalue weighted by atomic mass is 10.1. The molecule has 2 heterocycles. The fourth-order valence-corrected chi connectivity index (χ4v) is 2.63. The number of carbonyl (C=O) groups excluding carboxylic acids is 1. The first-order valence-electron chi connectivity index (χ1n) is 6.21. The van der Waals surface area contributed by atoms with Gasteiger partial charge < -0.3 is 15.0 Å². The van der Waals surface area contributed by atoms with Crippen molar-refractivity contribution in [3.8, 4) is 0 Å². The Morgan fingerprint density at radius 2 is 2.37 bits per heavy atom. The number of hydrogen-bond donors (Lipinski definition) is 1. The van der Waals surface area contributed by atoms with Crippen LogP contribution in [0.1, 0.15) is 20.8 Å². The molecule has 1 aromatic rings. The Bertz CT molecular complexity index is 479. The first-order chi connectivity index (χ1) is 8.87. The lowest BCUT2D eigenvalue weighted by Crippen LogP contribution is -2.54. The van der Waals surface area contributed by atoms with Crippen molar-refractivity contribution in [1.82, 2.24) is 9.88 Å². The van der Waals surface area contributed by atoms with Gasteiger partial charge >= 0.3 is 6.03 Å². The maximum absolute atomic E-state index is 12.3. The van der Waals surface area contributed by atoms with Crippen LogP contribution >= 0.6 is 15.9 Å². The summed E-state index contributed by atoms with van der Waals surface area (Å²) in [4.78, 5) is 18.0. The van der Waals surface area contributed by atoms with Gasteiger partial charge in [-0.2, -0.15) is 0 Å². The lowest BCUT2D eigenvalue weighted by Gasteiger charge is -2.41. The van der Waals surface area contributed by atoms with Crippen molar-refractivity contribution in [2.75, 3.05) is 18.4 Å². The van der Waals surface area contributed by atoms with E-state index in [9.17, 15) is 4.79 Å². The minimum absolute atomic E-state index is 0.0374. The van der Waals surface area contributed by atoms with Crippen LogP contribution in [0.3, 0.4) is 0 Å². The highest BCUT2D eigenvalue weighted by molar-refractivity contribution is 9.10.